The maximum atomic E-state index is 8.21. The maximum absolute atomic E-state index is 8.21. The first-order chi connectivity index (χ1) is 18.6. The van der Waals surface area contributed by atoms with Crippen LogP contribution in [0.3, 0.4) is 0 Å². The molecule has 3 aliphatic heterocycles. The highest BCUT2D eigenvalue weighted by Gasteiger charge is 2.19. The minimum atomic E-state index is -0.268. The molecule has 0 spiro atoms. The molecular formula is C27H27Br2N3O6. The first-order valence-electron chi connectivity index (χ1n) is 12.0. The highest BCUT2D eigenvalue weighted by atomic mass is 79.9. The number of ether oxygens (including phenoxy) is 6. The lowest BCUT2D eigenvalue weighted by molar-refractivity contribution is -0.0443. The number of benzene rings is 3. The van der Waals surface area contributed by atoms with Crippen molar-refractivity contribution in [2.24, 2.45) is 5.11 Å². The molecule has 3 aliphatic rings. The molecule has 0 saturated carbocycles. The predicted octanol–water partition coefficient (Wildman–Crippen LogP) is 7.66. The van der Waals surface area contributed by atoms with Gasteiger partial charge in [0, 0.05) is 36.2 Å². The van der Waals surface area contributed by atoms with E-state index in [1.165, 1.54) is 0 Å². The van der Waals surface area contributed by atoms with Crippen molar-refractivity contribution in [3.63, 3.8) is 0 Å². The number of nitrogens with zero attached hydrogens (tertiary/aromatic N) is 3. The zero-order valence-electron chi connectivity index (χ0n) is 20.4. The molecule has 0 radical (unpaired) electrons. The monoisotopic (exact) mass is 647 g/mol. The van der Waals surface area contributed by atoms with Crippen LogP contribution in [-0.4, -0.2) is 39.6 Å². The standard InChI is InChI=1S/2C9H9BrO2.C9H9N3O2/c2*10-8-3-1-7(2-4-8)9-11-5-6-12-9;10-12-11-8-3-1-7(2-4-8)9-13-5-6-14-9/h2*1-4,9H,5-6H2;1-4,9H,5-6H2. The largest absolute Gasteiger partial charge is 0.346 e. The Labute approximate surface area is 237 Å². The second-order valence-corrected chi connectivity index (χ2v) is 9.94. The van der Waals surface area contributed by atoms with Gasteiger partial charge in [0.1, 0.15) is 0 Å². The van der Waals surface area contributed by atoms with Gasteiger partial charge in [0.2, 0.25) is 0 Å². The van der Waals surface area contributed by atoms with E-state index in [9.17, 15) is 0 Å². The fourth-order valence-corrected chi connectivity index (χ4v) is 4.17. The molecule has 3 heterocycles. The third-order valence-electron chi connectivity index (χ3n) is 5.48. The van der Waals surface area contributed by atoms with Gasteiger partial charge in [-0.15, -0.1) is 0 Å². The van der Waals surface area contributed by atoms with E-state index in [0.717, 1.165) is 25.6 Å². The highest BCUT2D eigenvalue weighted by Crippen LogP contribution is 2.26. The maximum Gasteiger partial charge on any atom is 0.184 e. The van der Waals surface area contributed by atoms with Crippen LogP contribution in [0, 0.1) is 0 Å². The number of hydrogen-bond acceptors (Lipinski definition) is 7. The Morgan fingerprint density at radius 1 is 0.526 bits per heavy atom. The van der Waals surface area contributed by atoms with Crippen molar-refractivity contribution in [3.05, 3.63) is 109 Å². The van der Waals surface area contributed by atoms with Crippen molar-refractivity contribution < 1.29 is 28.4 Å². The minimum absolute atomic E-state index is 0.155. The summed E-state index contributed by atoms with van der Waals surface area (Å²) in [6, 6.07) is 23.1. The highest BCUT2D eigenvalue weighted by molar-refractivity contribution is 9.10. The zero-order chi connectivity index (χ0) is 26.6. The molecule has 200 valence electrons. The lowest BCUT2D eigenvalue weighted by Gasteiger charge is -2.08. The van der Waals surface area contributed by atoms with Gasteiger partial charge >= 0.3 is 0 Å². The van der Waals surface area contributed by atoms with Gasteiger partial charge < -0.3 is 28.4 Å². The van der Waals surface area contributed by atoms with E-state index in [1.54, 1.807) is 12.1 Å². The Hall–Kier alpha value is -2.31. The normalized spacial score (nSPS) is 17.7. The van der Waals surface area contributed by atoms with E-state index >= 15 is 0 Å². The van der Waals surface area contributed by atoms with E-state index in [0.29, 0.717) is 45.3 Å². The van der Waals surface area contributed by atoms with E-state index in [-0.39, 0.29) is 18.9 Å². The summed E-state index contributed by atoms with van der Waals surface area (Å²) in [5.41, 5.74) is 11.9. The molecule has 0 unspecified atom stereocenters. The van der Waals surface area contributed by atoms with E-state index in [2.05, 4.69) is 41.9 Å². The van der Waals surface area contributed by atoms with Gasteiger partial charge in [-0.3, -0.25) is 0 Å². The molecular weight excluding hydrogens is 622 g/mol. The Balaban J connectivity index is 0.000000133. The van der Waals surface area contributed by atoms with Crippen LogP contribution in [0.4, 0.5) is 5.69 Å². The molecule has 0 aromatic heterocycles. The molecule has 0 amide bonds. The molecule has 3 aromatic carbocycles. The van der Waals surface area contributed by atoms with Crippen LogP contribution in [-0.2, 0) is 28.4 Å². The van der Waals surface area contributed by atoms with Crippen LogP contribution in [0.1, 0.15) is 35.6 Å². The van der Waals surface area contributed by atoms with E-state index < -0.39 is 0 Å². The third-order valence-corrected chi connectivity index (χ3v) is 6.53. The fourth-order valence-electron chi connectivity index (χ4n) is 3.64. The van der Waals surface area contributed by atoms with Crippen molar-refractivity contribution >= 4 is 37.5 Å². The van der Waals surface area contributed by atoms with Crippen molar-refractivity contribution in [2.45, 2.75) is 18.9 Å². The number of hydrogen-bond donors (Lipinski definition) is 0. The van der Waals surface area contributed by atoms with Crippen molar-refractivity contribution in [2.75, 3.05) is 39.6 Å². The Morgan fingerprint density at radius 3 is 1.11 bits per heavy atom. The number of azide groups is 1. The van der Waals surface area contributed by atoms with Gasteiger partial charge in [-0.1, -0.05) is 85.5 Å². The summed E-state index contributed by atoms with van der Waals surface area (Å²) in [7, 11) is 0. The molecule has 3 saturated heterocycles. The number of rotatable bonds is 4. The van der Waals surface area contributed by atoms with Crippen LogP contribution >= 0.6 is 31.9 Å². The molecule has 38 heavy (non-hydrogen) atoms. The lowest BCUT2D eigenvalue weighted by atomic mass is 10.2. The summed E-state index contributed by atoms with van der Waals surface area (Å²) in [4.78, 5) is 2.70. The summed E-state index contributed by atoms with van der Waals surface area (Å²) in [5, 5.41) is 3.47. The average Bonchev–Trinajstić information content (AvgIpc) is 3.75. The second kappa shape index (κ2) is 15.3. The van der Waals surface area contributed by atoms with Crippen LogP contribution in [0.25, 0.3) is 10.4 Å². The zero-order valence-corrected chi connectivity index (χ0v) is 23.6. The van der Waals surface area contributed by atoms with Gasteiger partial charge in [0.15, 0.2) is 18.9 Å². The first-order valence-corrected chi connectivity index (χ1v) is 13.6. The molecule has 0 N–H and O–H groups in total. The Kier molecular flexibility index (Phi) is 11.6. The fraction of sp³-hybridized carbons (Fsp3) is 0.333. The SMILES string of the molecule is Brc1ccc(C2OCCO2)cc1.Brc1ccc(C2OCCO2)cc1.[N-]=[N+]=Nc1ccc(C2OCCO2)cc1. The average molecular weight is 649 g/mol. The topological polar surface area (TPSA) is 104 Å². The summed E-state index contributed by atoms with van der Waals surface area (Å²) in [6.07, 6.45) is -0.577. The lowest BCUT2D eigenvalue weighted by Crippen LogP contribution is -1.96. The van der Waals surface area contributed by atoms with E-state index in [1.807, 2.05) is 60.7 Å². The number of halogens is 2. The van der Waals surface area contributed by atoms with Crippen LogP contribution < -0.4 is 0 Å². The van der Waals surface area contributed by atoms with Gasteiger partial charge in [-0.05, 0) is 29.8 Å². The summed E-state index contributed by atoms with van der Waals surface area (Å²) < 4.78 is 34.1. The van der Waals surface area contributed by atoms with Crippen molar-refractivity contribution in [1.29, 1.82) is 0 Å². The summed E-state index contributed by atoms with van der Waals surface area (Å²) in [6.45, 7) is 4.04. The van der Waals surface area contributed by atoms with Crippen LogP contribution in [0.5, 0.6) is 0 Å². The molecule has 11 heteroatoms. The van der Waals surface area contributed by atoms with Gasteiger partial charge in [-0.25, -0.2) is 0 Å². The van der Waals surface area contributed by atoms with E-state index in [4.69, 9.17) is 34.0 Å². The molecule has 9 nitrogen and oxygen atoms in total. The molecule has 6 rings (SSSR count). The quantitative estimate of drug-likeness (QED) is 0.163. The molecule has 3 fully saturated rings. The van der Waals surface area contributed by atoms with Crippen LogP contribution in [0.15, 0.2) is 86.9 Å². The smallest absolute Gasteiger partial charge is 0.184 e. The molecule has 0 atom stereocenters. The van der Waals surface area contributed by atoms with Crippen molar-refractivity contribution in [1.82, 2.24) is 0 Å². The van der Waals surface area contributed by atoms with Gasteiger partial charge in [-0.2, -0.15) is 0 Å². The Bertz CT molecular complexity index is 1100. The van der Waals surface area contributed by atoms with Gasteiger partial charge in [0.25, 0.3) is 0 Å². The predicted molar refractivity (Wildman–Crippen MR) is 147 cm³/mol. The molecule has 3 aromatic rings. The van der Waals surface area contributed by atoms with Crippen LogP contribution in [0.2, 0.25) is 0 Å². The summed E-state index contributed by atoms with van der Waals surface area (Å²) >= 11 is 6.74. The second-order valence-electron chi connectivity index (χ2n) is 8.10. The minimum Gasteiger partial charge on any atom is -0.346 e. The Morgan fingerprint density at radius 2 is 0.816 bits per heavy atom. The third kappa shape index (κ3) is 8.88. The van der Waals surface area contributed by atoms with Gasteiger partial charge in [0.05, 0.1) is 39.6 Å². The summed E-state index contributed by atoms with van der Waals surface area (Å²) in [5.74, 6) is 0. The molecule has 0 aliphatic carbocycles. The first kappa shape index (κ1) is 28.7. The molecule has 0 bridgehead atoms. The van der Waals surface area contributed by atoms with Crippen molar-refractivity contribution in [3.8, 4) is 0 Å².